The molecule has 0 bridgehead atoms. The molecule has 3 heteroatoms. The van der Waals surface area contributed by atoms with E-state index in [0.29, 0.717) is 5.92 Å². The summed E-state index contributed by atoms with van der Waals surface area (Å²) in [4.78, 5) is 0. The SMILES string of the molecule is CC(CNc1ccc(C#N)c(F)c1)C1CC1. The standard InChI is InChI=1S/C13H15FN2/c1-9(10-2-3-10)8-16-12-5-4-11(7-15)13(14)6-12/h4-6,9-10,16H,2-3,8H2,1H3. The molecule has 0 heterocycles. The smallest absolute Gasteiger partial charge is 0.143 e. The van der Waals surface area contributed by atoms with Crippen molar-refractivity contribution in [3.63, 3.8) is 0 Å². The van der Waals surface area contributed by atoms with Crippen molar-refractivity contribution < 1.29 is 4.39 Å². The zero-order valence-electron chi connectivity index (χ0n) is 9.33. The maximum atomic E-state index is 13.3. The molecule has 84 valence electrons. The quantitative estimate of drug-likeness (QED) is 0.842. The second-order valence-corrected chi connectivity index (χ2v) is 4.50. The van der Waals surface area contributed by atoms with Crippen molar-refractivity contribution in [1.29, 1.82) is 5.26 Å². The molecule has 1 atom stereocenters. The number of anilines is 1. The van der Waals surface area contributed by atoms with E-state index in [-0.39, 0.29) is 5.56 Å². The highest BCUT2D eigenvalue weighted by Crippen LogP contribution is 2.36. The Morgan fingerprint density at radius 2 is 2.31 bits per heavy atom. The lowest BCUT2D eigenvalue weighted by Gasteiger charge is -2.12. The van der Waals surface area contributed by atoms with Gasteiger partial charge in [0.2, 0.25) is 0 Å². The van der Waals surface area contributed by atoms with Gasteiger partial charge in [-0.15, -0.1) is 0 Å². The van der Waals surface area contributed by atoms with Crippen LogP contribution in [0.5, 0.6) is 0 Å². The number of benzene rings is 1. The molecule has 0 spiro atoms. The maximum Gasteiger partial charge on any atom is 0.143 e. The highest BCUT2D eigenvalue weighted by molar-refractivity contribution is 5.48. The van der Waals surface area contributed by atoms with Gasteiger partial charge in [-0.2, -0.15) is 5.26 Å². The minimum absolute atomic E-state index is 0.0980. The summed E-state index contributed by atoms with van der Waals surface area (Å²) in [7, 11) is 0. The van der Waals surface area contributed by atoms with E-state index >= 15 is 0 Å². The normalized spacial score (nSPS) is 16.6. The van der Waals surface area contributed by atoms with Crippen LogP contribution in [0.3, 0.4) is 0 Å². The number of nitrogens with zero attached hydrogens (tertiary/aromatic N) is 1. The molecule has 1 N–H and O–H groups in total. The maximum absolute atomic E-state index is 13.3. The lowest BCUT2D eigenvalue weighted by atomic mass is 10.1. The van der Waals surface area contributed by atoms with Crippen molar-refractivity contribution in [3.8, 4) is 6.07 Å². The largest absolute Gasteiger partial charge is 0.385 e. The number of nitriles is 1. The summed E-state index contributed by atoms with van der Waals surface area (Å²) >= 11 is 0. The van der Waals surface area contributed by atoms with Gasteiger partial charge in [0.1, 0.15) is 11.9 Å². The number of nitrogens with one attached hydrogen (secondary N) is 1. The summed E-state index contributed by atoms with van der Waals surface area (Å²) in [5, 5.41) is 11.8. The van der Waals surface area contributed by atoms with Gasteiger partial charge in [-0.3, -0.25) is 0 Å². The average molecular weight is 218 g/mol. The zero-order chi connectivity index (χ0) is 11.5. The van der Waals surface area contributed by atoms with Crippen LogP contribution in [-0.2, 0) is 0 Å². The molecule has 1 unspecified atom stereocenters. The van der Waals surface area contributed by atoms with Crippen molar-refractivity contribution >= 4 is 5.69 Å². The Balaban J connectivity index is 1.94. The lowest BCUT2D eigenvalue weighted by Crippen LogP contribution is -2.12. The first-order valence-corrected chi connectivity index (χ1v) is 5.64. The fraction of sp³-hybridized carbons (Fsp3) is 0.462. The van der Waals surface area contributed by atoms with Crippen LogP contribution in [0.1, 0.15) is 25.3 Å². The minimum Gasteiger partial charge on any atom is -0.385 e. The summed E-state index contributed by atoms with van der Waals surface area (Å²) in [6, 6.07) is 6.46. The first-order chi connectivity index (χ1) is 7.70. The molecule has 0 radical (unpaired) electrons. The lowest BCUT2D eigenvalue weighted by molar-refractivity contribution is 0.536. The first-order valence-electron chi connectivity index (χ1n) is 5.64. The number of rotatable bonds is 4. The van der Waals surface area contributed by atoms with Gasteiger partial charge in [0, 0.05) is 12.2 Å². The predicted molar refractivity (Wildman–Crippen MR) is 61.5 cm³/mol. The topological polar surface area (TPSA) is 35.8 Å². The van der Waals surface area contributed by atoms with Gasteiger partial charge >= 0.3 is 0 Å². The summed E-state index contributed by atoms with van der Waals surface area (Å²) in [5.74, 6) is 1.03. The van der Waals surface area contributed by atoms with Crippen LogP contribution < -0.4 is 5.32 Å². The number of hydrogen-bond donors (Lipinski definition) is 1. The van der Waals surface area contributed by atoms with Crippen molar-refractivity contribution in [2.75, 3.05) is 11.9 Å². The second-order valence-electron chi connectivity index (χ2n) is 4.50. The van der Waals surface area contributed by atoms with Crippen molar-refractivity contribution in [3.05, 3.63) is 29.6 Å². The highest BCUT2D eigenvalue weighted by Gasteiger charge is 2.27. The third-order valence-corrected chi connectivity index (χ3v) is 3.14. The van der Waals surface area contributed by atoms with Crippen LogP contribution in [0.4, 0.5) is 10.1 Å². The number of hydrogen-bond acceptors (Lipinski definition) is 2. The molecule has 1 saturated carbocycles. The Morgan fingerprint density at radius 3 is 2.88 bits per heavy atom. The molecular formula is C13H15FN2. The van der Waals surface area contributed by atoms with Crippen LogP contribution in [-0.4, -0.2) is 6.54 Å². The highest BCUT2D eigenvalue weighted by atomic mass is 19.1. The molecule has 2 rings (SSSR count). The Labute approximate surface area is 95.1 Å². The molecule has 1 aromatic rings. The van der Waals surface area contributed by atoms with Gasteiger partial charge in [-0.05, 0) is 42.9 Å². The molecule has 0 aromatic heterocycles. The van der Waals surface area contributed by atoms with E-state index in [0.717, 1.165) is 18.2 Å². The Bertz CT molecular complexity index is 418. The molecule has 1 aliphatic carbocycles. The van der Waals surface area contributed by atoms with Crippen LogP contribution in [0, 0.1) is 29.0 Å². The van der Waals surface area contributed by atoms with E-state index in [1.54, 1.807) is 6.07 Å². The van der Waals surface area contributed by atoms with Gasteiger partial charge in [0.15, 0.2) is 0 Å². The van der Waals surface area contributed by atoms with Crippen molar-refractivity contribution in [1.82, 2.24) is 0 Å². The monoisotopic (exact) mass is 218 g/mol. The minimum atomic E-state index is -0.452. The van der Waals surface area contributed by atoms with Gasteiger partial charge in [-0.25, -0.2) is 4.39 Å². The molecule has 1 aromatic carbocycles. The molecule has 1 fully saturated rings. The van der Waals surface area contributed by atoms with Crippen LogP contribution >= 0.6 is 0 Å². The molecular weight excluding hydrogens is 203 g/mol. The van der Waals surface area contributed by atoms with Crippen LogP contribution in [0.25, 0.3) is 0 Å². The van der Waals surface area contributed by atoms with Gasteiger partial charge < -0.3 is 5.32 Å². The van der Waals surface area contributed by atoms with E-state index in [1.165, 1.54) is 25.0 Å². The van der Waals surface area contributed by atoms with Gasteiger partial charge in [0.05, 0.1) is 5.56 Å². The average Bonchev–Trinajstić information content (AvgIpc) is 3.10. The molecule has 1 aliphatic rings. The summed E-state index contributed by atoms with van der Waals surface area (Å²) < 4.78 is 13.3. The number of halogens is 1. The summed E-state index contributed by atoms with van der Waals surface area (Å²) in [5.41, 5.74) is 0.852. The van der Waals surface area contributed by atoms with Crippen molar-refractivity contribution in [2.24, 2.45) is 11.8 Å². The zero-order valence-corrected chi connectivity index (χ0v) is 9.33. The van der Waals surface area contributed by atoms with E-state index in [4.69, 9.17) is 5.26 Å². The summed E-state index contributed by atoms with van der Waals surface area (Å²) in [6.45, 7) is 3.08. The predicted octanol–water partition coefficient (Wildman–Crippen LogP) is 3.16. The Kier molecular flexibility index (Phi) is 3.09. The van der Waals surface area contributed by atoms with E-state index < -0.39 is 5.82 Å². The molecule has 0 aliphatic heterocycles. The third kappa shape index (κ3) is 2.52. The molecule has 0 saturated heterocycles. The third-order valence-electron chi connectivity index (χ3n) is 3.14. The molecule has 0 amide bonds. The second kappa shape index (κ2) is 4.52. The fourth-order valence-corrected chi connectivity index (χ4v) is 1.83. The van der Waals surface area contributed by atoms with E-state index in [2.05, 4.69) is 12.2 Å². The fourth-order valence-electron chi connectivity index (χ4n) is 1.83. The van der Waals surface area contributed by atoms with Gasteiger partial charge in [0.25, 0.3) is 0 Å². The summed E-state index contributed by atoms with van der Waals surface area (Å²) in [6.07, 6.45) is 2.65. The Hall–Kier alpha value is -1.56. The van der Waals surface area contributed by atoms with E-state index in [9.17, 15) is 4.39 Å². The Morgan fingerprint density at radius 1 is 1.56 bits per heavy atom. The van der Waals surface area contributed by atoms with Crippen molar-refractivity contribution in [2.45, 2.75) is 19.8 Å². The van der Waals surface area contributed by atoms with Gasteiger partial charge in [-0.1, -0.05) is 6.92 Å². The van der Waals surface area contributed by atoms with Crippen LogP contribution in [0.15, 0.2) is 18.2 Å². The van der Waals surface area contributed by atoms with E-state index in [1.807, 2.05) is 6.07 Å². The van der Waals surface area contributed by atoms with Crippen LogP contribution in [0.2, 0.25) is 0 Å². The first kappa shape index (κ1) is 10.9. The molecule has 16 heavy (non-hydrogen) atoms. The molecule has 2 nitrogen and oxygen atoms in total.